The zero-order chi connectivity index (χ0) is 25.5. The number of aryl methyl sites for hydroxylation is 2. The summed E-state index contributed by atoms with van der Waals surface area (Å²) in [7, 11) is 1.62. The Morgan fingerprint density at radius 3 is 2.49 bits per heavy atom. The van der Waals surface area contributed by atoms with Gasteiger partial charge in [0.05, 0.1) is 45.8 Å². The fraction of sp³-hybridized carbons (Fsp3) is 0.346. The third kappa shape index (κ3) is 4.64. The molecule has 4 aromatic heterocycles. The highest BCUT2D eigenvalue weighted by Gasteiger charge is 2.43. The molecule has 4 aromatic rings. The molecule has 190 valence electrons. The van der Waals surface area contributed by atoms with E-state index in [0.29, 0.717) is 17.3 Å². The summed E-state index contributed by atoms with van der Waals surface area (Å²) in [5.41, 5.74) is 3.59. The number of fused-ring (bicyclic) bond motifs is 2. The Morgan fingerprint density at radius 1 is 1.05 bits per heavy atom. The van der Waals surface area contributed by atoms with E-state index in [1.807, 2.05) is 49.7 Å². The molecule has 0 spiro atoms. The number of carbonyl (C=O) groups is 1. The number of hydrogen-bond donors (Lipinski definition) is 1. The molecule has 6 heterocycles. The first-order chi connectivity index (χ1) is 18.0. The van der Waals surface area contributed by atoms with E-state index in [9.17, 15) is 4.79 Å². The molecule has 2 bridgehead atoms. The van der Waals surface area contributed by atoms with Crippen molar-refractivity contribution in [1.82, 2.24) is 24.8 Å². The fourth-order valence-electron chi connectivity index (χ4n) is 5.18. The molecule has 2 aliphatic rings. The molecule has 2 fully saturated rings. The van der Waals surface area contributed by atoms with Crippen molar-refractivity contribution in [3.8, 4) is 16.5 Å². The first-order valence-corrected chi connectivity index (χ1v) is 13.9. The molecule has 37 heavy (non-hydrogen) atoms. The van der Waals surface area contributed by atoms with Crippen LogP contribution in [-0.4, -0.2) is 63.0 Å². The summed E-state index contributed by atoms with van der Waals surface area (Å²) in [4.78, 5) is 37.0. The minimum absolute atomic E-state index is 0.0478. The highest BCUT2D eigenvalue weighted by atomic mass is 32.1. The number of hydrogen-bond acceptors (Lipinski definition) is 10. The zero-order valence-corrected chi connectivity index (χ0v) is 22.5. The van der Waals surface area contributed by atoms with Gasteiger partial charge in [-0.25, -0.2) is 19.9 Å². The predicted molar refractivity (Wildman–Crippen MR) is 146 cm³/mol. The van der Waals surface area contributed by atoms with Gasteiger partial charge >= 0.3 is 0 Å². The molecule has 0 aromatic carbocycles. The van der Waals surface area contributed by atoms with Crippen molar-refractivity contribution in [1.29, 1.82) is 0 Å². The Hall–Kier alpha value is -3.57. The number of ether oxygens (including phenoxy) is 1. The number of piperazine rings is 1. The lowest BCUT2D eigenvalue weighted by molar-refractivity contribution is 0.0641. The van der Waals surface area contributed by atoms with E-state index in [4.69, 9.17) is 9.72 Å². The molecule has 2 saturated heterocycles. The maximum atomic E-state index is 13.5. The number of methoxy groups -OCH3 is 1. The average molecular weight is 534 g/mol. The molecule has 0 saturated carbocycles. The van der Waals surface area contributed by atoms with Gasteiger partial charge in [-0.1, -0.05) is 0 Å². The van der Waals surface area contributed by atoms with Crippen LogP contribution >= 0.6 is 22.7 Å². The molecule has 2 aliphatic heterocycles. The summed E-state index contributed by atoms with van der Waals surface area (Å²) in [5.74, 6) is 1.31. The molecule has 0 radical (unpaired) electrons. The summed E-state index contributed by atoms with van der Waals surface area (Å²) in [5, 5.41) is 7.08. The van der Waals surface area contributed by atoms with Gasteiger partial charge in [-0.05, 0) is 44.9 Å². The number of carbonyl (C=O) groups excluding carboxylic acids is 1. The van der Waals surface area contributed by atoms with Crippen molar-refractivity contribution in [2.24, 2.45) is 0 Å². The number of amides is 1. The maximum absolute atomic E-state index is 13.5. The quantitative estimate of drug-likeness (QED) is 0.373. The van der Waals surface area contributed by atoms with E-state index in [2.05, 4.69) is 30.1 Å². The van der Waals surface area contributed by atoms with Crippen LogP contribution < -0.4 is 15.0 Å². The Morgan fingerprint density at radius 2 is 1.86 bits per heavy atom. The number of nitrogens with one attached hydrogen (secondary N) is 1. The van der Waals surface area contributed by atoms with Crippen LogP contribution in [0.2, 0.25) is 0 Å². The molecular formula is C26H27N7O2S2. The number of thiazole rings is 2. The van der Waals surface area contributed by atoms with Crippen LogP contribution in [0.25, 0.3) is 10.6 Å². The Balaban J connectivity index is 1.11. The Kier molecular flexibility index (Phi) is 6.25. The van der Waals surface area contributed by atoms with Gasteiger partial charge in [-0.15, -0.1) is 22.7 Å². The van der Waals surface area contributed by atoms with Crippen molar-refractivity contribution in [3.05, 3.63) is 58.3 Å². The third-order valence-corrected chi connectivity index (χ3v) is 8.75. The minimum Gasteiger partial charge on any atom is -0.481 e. The molecule has 1 N–H and O–H groups in total. The number of rotatable bonds is 6. The van der Waals surface area contributed by atoms with Gasteiger partial charge in [0, 0.05) is 42.8 Å². The number of pyridine rings is 2. The lowest BCUT2D eigenvalue weighted by Gasteiger charge is -2.42. The van der Waals surface area contributed by atoms with E-state index in [0.717, 1.165) is 58.0 Å². The highest BCUT2D eigenvalue weighted by molar-refractivity contribution is 7.16. The summed E-state index contributed by atoms with van der Waals surface area (Å²) < 4.78 is 5.18. The standard InChI is InChI=1S/C26H27N7O2S2/c1-15-24(37-16(2)29-15)21-14-36-26(30-21)31-22-8-4-17(10-27-22)25(34)33-19-5-6-20(33)13-32(12-19)18-7-9-23(35-3)28-11-18/h4,7-11,14,19-20H,5-6,12-13H2,1-3H3,(H,27,30,31)/t19-,20+. The van der Waals surface area contributed by atoms with Crippen LogP contribution in [0, 0.1) is 13.8 Å². The first-order valence-electron chi connectivity index (χ1n) is 12.2. The van der Waals surface area contributed by atoms with E-state index in [1.165, 1.54) is 11.3 Å². The second-order valence-electron chi connectivity index (χ2n) is 9.30. The molecule has 9 nitrogen and oxygen atoms in total. The average Bonchev–Trinajstić information content (AvgIpc) is 3.58. The Labute approximate surface area is 223 Å². The Bertz CT molecular complexity index is 1400. The normalized spacial score (nSPS) is 18.8. The van der Waals surface area contributed by atoms with Crippen LogP contribution in [0.5, 0.6) is 5.88 Å². The van der Waals surface area contributed by atoms with Gasteiger partial charge in [0.15, 0.2) is 5.13 Å². The third-order valence-electron chi connectivity index (χ3n) is 6.90. The van der Waals surface area contributed by atoms with Gasteiger partial charge in [-0.2, -0.15) is 0 Å². The highest BCUT2D eigenvalue weighted by Crippen LogP contribution is 2.35. The van der Waals surface area contributed by atoms with Gasteiger partial charge in [0.25, 0.3) is 5.91 Å². The maximum Gasteiger partial charge on any atom is 0.256 e. The van der Waals surface area contributed by atoms with Crippen LogP contribution in [0.4, 0.5) is 16.6 Å². The summed E-state index contributed by atoms with van der Waals surface area (Å²) in [6, 6.07) is 7.96. The van der Waals surface area contributed by atoms with E-state index >= 15 is 0 Å². The van der Waals surface area contributed by atoms with Crippen molar-refractivity contribution in [2.45, 2.75) is 38.8 Å². The lowest BCUT2D eigenvalue weighted by Crippen LogP contribution is -2.56. The SMILES string of the molecule is COc1ccc(N2C[C@H]3CC[C@@H](C2)N3C(=O)c2ccc(Nc3nc(-c4sc(C)nc4C)cs3)nc2)cn1. The van der Waals surface area contributed by atoms with Crippen molar-refractivity contribution in [2.75, 3.05) is 30.4 Å². The lowest BCUT2D eigenvalue weighted by atomic mass is 10.1. The van der Waals surface area contributed by atoms with Crippen molar-refractivity contribution < 1.29 is 9.53 Å². The molecule has 1 amide bonds. The van der Waals surface area contributed by atoms with E-state index in [-0.39, 0.29) is 18.0 Å². The second-order valence-corrected chi connectivity index (χ2v) is 11.4. The minimum atomic E-state index is 0.0478. The van der Waals surface area contributed by atoms with Crippen LogP contribution in [0.3, 0.4) is 0 Å². The molecule has 11 heteroatoms. The summed E-state index contributed by atoms with van der Waals surface area (Å²) >= 11 is 3.17. The number of aromatic nitrogens is 4. The van der Waals surface area contributed by atoms with Crippen LogP contribution in [0.15, 0.2) is 42.0 Å². The van der Waals surface area contributed by atoms with Crippen LogP contribution in [-0.2, 0) is 0 Å². The summed E-state index contributed by atoms with van der Waals surface area (Å²) in [6.45, 7) is 5.61. The largest absolute Gasteiger partial charge is 0.481 e. The zero-order valence-electron chi connectivity index (χ0n) is 20.8. The van der Waals surface area contributed by atoms with E-state index in [1.54, 1.807) is 24.6 Å². The van der Waals surface area contributed by atoms with Gasteiger partial charge in [0.1, 0.15) is 5.82 Å². The predicted octanol–water partition coefficient (Wildman–Crippen LogP) is 4.92. The van der Waals surface area contributed by atoms with Gasteiger partial charge < -0.3 is 19.9 Å². The molecule has 0 aliphatic carbocycles. The van der Waals surface area contributed by atoms with Gasteiger partial charge in [-0.3, -0.25) is 4.79 Å². The molecular weight excluding hydrogens is 506 g/mol. The topological polar surface area (TPSA) is 96.4 Å². The van der Waals surface area contributed by atoms with Crippen LogP contribution in [0.1, 0.15) is 33.9 Å². The molecule has 6 rings (SSSR count). The number of nitrogens with zero attached hydrogens (tertiary/aromatic N) is 6. The fourth-order valence-corrected chi connectivity index (χ4v) is 6.85. The molecule has 2 atom stereocenters. The van der Waals surface area contributed by atoms with Crippen molar-refractivity contribution in [3.63, 3.8) is 0 Å². The summed E-state index contributed by atoms with van der Waals surface area (Å²) in [6.07, 6.45) is 5.52. The van der Waals surface area contributed by atoms with Crippen molar-refractivity contribution >= 4 is 45.2 Å². The van der Waals surface area contributed by atoms with E-state index < -0.39 is 0 Å². The monoisotopic (exact) mass is 533 g/mol. The molecule has 0 unspecified atom stereocenters. The first kappa shape index (κ1) is 23.8. The smallest absolute Gasteiger partial charge is 0.256 e. The number of anilines is 3. The second kappa shape index (κ2) is 9.71. The van der Waals surface area contributed by atoms with Gasteiger partial charge in [0.2, 0.25) is 5.88 Å².